The molecule has 110 valence electrons. The summed E-state index contributed by atoms with van der Waals surface area (Å²) in [6.07, 6.45) is 3.60. The Morgan fingerprint density at radius 3 is 3.05 bits per heavy atom. The summed E-state index contributed by atoms with van der Waals surface area (Å²) in [6, 6.07) is 10.5. The van der Waals surface area contributed by atoms with Gasteiger partial charge in [0.25, 0.3) is 0 Å². The van der Waals surface area contributed by atoms with Gasteiger partial charge < -0.3 is 14.9 Å². The molecule has 0 fully saturated rings. The maximum Gasteiger partial charge on any atom is 0.154 e. The minimum atomic E-state index is 0.728. The van der Waals surface area contributed by atoms with Crippen LogP contribution in [0.2, 0.25) is 0 Å². The highest BCUT2D eigenvalue weighted by atomic mass is 15.1. The van der Waals surface area contributed by atoms with Crippen molar-refractivity contribution in [3.63, 3.8) is 0 Å². The number of nitrogens with zero attached hydrogens (tertiary/aromatic N) is 3. The van der Waals surface area contributed by atoms with Gasteiger partial charge in [0.1, 0.15) is 11.8 Å². The first-order valence-corrected chi connectivity index (χ1v) is 7.29. The van der Waals surface area contributed by atoms with Crippen LogP contribution in [0.5, 0.6) is 0 Å². The molecule has 22 heavy (non-hydrogen) atoms. The Morgan fingerprint density at radius 2 is 2.14 bits per heavy atom. The minimum absolute atomic E-state index is 0.728. The Morgan fingerprint density at radius 1 is 1.23 bits per heavy atom. The number of aromatic nitrogens is 4. The van der Waals surface area contributed by atoms with Crippen molar-refractivity contribution in [1.82, 2.24) is 19.5 Å². The smallest absolute Gasteiger partial charge is 0.154 e. The van der Waals surface area contributed by atoms with Crippen molar-refractivity contribution in [3.05, 3.63) is 54.1 Å². The van der Waals surface area contributed by atoms with E-state index in [1.54, 1.807) is 6.33 Å². The number of hydrogen-bond donors (Lipinski definition) is 2. The van der Waals surface area contributed by atoms with Gasteiger partial charge >= 0.3 is 0 Å². The van der Waals surface area contributed by atoms with E-state index in [2.05, 4.69) is 51.5 Å². The van der Waals surface area contributed by atoms with Crippen LogP contribution in [-0.4, -0.2) is 19.5 Å². The maximum absolute atomic E-state index is 4.39. The lowest BCUT2D eigenvalue weighted by Gasteiger charge is -2.09. The molecule has 0 saturated heterocycles. The lowest BCUT2D eigenvalue weighted by molar-refractivity contribution is 0.959. The summed E-state index contributed by atoms with van der Waals surface area (Å²) in [4.78, 5) is 12.1. The first-order valence-electron chi connectivity index (χ1n) is 7.29. The van der Waals surface area contributed by atoms with E-state index >= 15 is 0 Å². The van der Waals surface area contributed by atoms with Crippen molar-refractivity contribution in [2.24, 2.45) is 7.05 Å². The molecule has 2 N–H and O–H groups in total. The van der Waals surface area contributed by atoms with E-state index < -0.39 is 0 Å². The second-order valence-corrected chi connectivity index (χ2v) is 5.57. The molecule has 3 aromatic heterocycles. The van der Waals surface area contributed by atoms with E-state index in [0.717, 1.165) is 23.4 Å². The zero-order valence-electron chi connectivity index (χ0n) is 12.6. The van der Waals surface area contributed by atoms with Crippen molar-refractivity contribution in [2.75, 3.05) is 5.32 Å². The molecule has 0 bridgehead atoms. The highest BCUT2D eigenvalue weighted by molar-refractivity contribution is 5.87. The number of nitrogens with one attached hydrogen (secondary N) is 2. The molecule has 1 aromatic carbocycles. The number of rotatable bonds is 3. The summed E-state index contributed by atoms with van der Waals surface area (Å²) in [5.74, 6) is 0.863. The maximum atomic E-state index is 4.39. The normalized spacial score (nSPS) is 11.4. The van der Waals surface area contributed by atoms with Crippen LogP contribution < -0.4 is 5.32 Å². The largest absolute Gasteiger partial charge is 0.364 e. The van der Waals surface area contributed by atoms with Gasteiger partial charge in [0.2, 0.25) is 0 Å². The van der Waals surface area contributed by atoms with Crippen LogP contribution in [-0.2, 0) is 13.6 Å². The average molecular weight is 291 g/mol. The number of anilines is 1. The standard InChI is InChI=1S/C17H17N5/c1-11-8-13-12(4-3-5-14(13)21-11)9-18-17-16-15(19-10-20-17)6-7-22(16)2/h3-8,10,21H,9H2,1-2H3,(H,18,19,20). The number of fused-ring (bicyclic) bond motifs is 2. The van der Waals surface area contributed by atoms with Gasteiger partial charge in [0.15, 0.2) is 5.82 Å². The third-order valence-corrected chi connectivity index (χ3v) is 3.99. The number of H-pyrrole nitrogens is 1. The Kier molecular flexibility index (Phi) is 2.85. The second kappa shape index (κ2) is 4.87. The van der Waals surface area contributed by atoms with Crippen LogP contribution in [0.1, 0.15) is 11.3 Å². The molecule has 0 atom stereocenters. The highest BCUT2D eigenvalue weighted by Gasteiger charge is 2.08. The summed E-state index contributed by atoms with van der Waals surface area (Å²) in [5, 5.41) is 4.70. The van der Waals surface area contributed by atoms with E-state index in [4.69, 9.17) is 0 Å². The van der Waals surface area contributed by atoms with Gasteiger partial charge in [-0.15, -0.1) is 0 Å². The SMILES string of the molecule is Cc1cc2c(CNc3ncnc4ccn(C)c34)cccc2[nH]1. The third kappa shape index (κ3) is 2.02. The third-order valence-electron chi connectivity index (χ3n) is 3.99. The zero-order valence-corrected chi connectivity index (χ0v) is 12.6. The molecule has 0 amide bonds. The average Bonchev–Trinajstić information content (AvgIpc) is 3.08. The molecule has 3 heterocycles. The Hall–Kier alpha value is -2.82. The van der Waals surface area contributed by atoms with Crippen LogP contribution in [0.4, 0.5) is 5.82 Å². The fraction of sp³-hybridized carbons (Fsp3) is 0.176. The molecular formula is C17H17N5. The summed E-state index contributed by atoms with van der Waals surface area (Å²) >= 11 is 0. The van der Waals surface area contributed by atoms with Gasteiger partial charge in [0.05, 0.1) is 5.52 Å². The molecule has 0 radical (unpaired) electrons. The zero-order chi connectivity index (χ0) is 15.1. The van der Waals surface area contributed by atoms with Gasteiger partial charge in [-0.05, 0) is 30.7 Å². The molecule has 0 unspecified atom stereocenters. The van der Waals surface area contributed by atoms with Gasteiger partial charge in [-0.1, -0.05) is 12.1 Å². The number of aryl methyl sites for hydroxylation is 2. The molecule has 5 heteroatoms. The molecule has 4 aromatic rings. The minimum Gasteiger partial charge on any atom is -0.364 e. The predicted octanol–water partition coefficient (Wildman–Crippen LogP) is 3.37. The molecule has 0 saturated carbocycles. The van der Waals surface area contributed by atoms with Crippen molar-refractivity contribution >= 4 is 27.8 Å². The van der Waals surface area contributed by atoms with Crippen LogP contribution >= 0.6 is 0 Å². The molecule has 0 spiro atoms. The quantitative estimate of drug-likeness (QED) is 0.608. The fourth-order valence-corrected chi connectivity index (χ4v) is 2.94. The summed E-state index contributed by atoms with van der Waals surface area (Å²) in [7, 11) is 2.01. The first kappa shape index (κ1) is 12.9. The Bertz CT molecular complexity index is 964. The van der Waals surface area contributed by atoms with Gasteiger partial charge in [0, 0.05) is 36.4 Å². The van der Waals surface area contributed by atoms with E-state index in [1.165, 1.54) is 22.2 Å². The molecule has 0 aliphatic carbocycles. The van der Waals surface area contributed by atoms with Gasteiger partial charge in [-0.25, -0.2) is 9.97 Å². The van der Waals surface area contributed by atoms with E-state index in [1.807, 2.05) is 23.9 Å². The summed E-state index contributed by atoms with van der Waals surface area (Å²) in [5.41, 5.74) is 5.58. The van der Waals surface area contributed by atoms with Gasteiger partial charge in [-0.3, -0.25) is 0 Å². The molecule has 0 aliphatic rings. The van der Waals surface area contributed by atoms with Crippen LogP contribution in [0, 0.1) is 6.92 Å². The van der Waals surface area contributed by atoms with Crippen molar-refractivity contribution in [1.29, 1.82) is 0 Å². The lowest BCUT2D eigenvalue weighted by Crippen LogP contribution is -2.04. The Labute approximate surface area is 128 Å². The molecule has 5 nitrogen and oxygen atoms in total. The van der Waals surface area contributed by atoms with E-state index in [9.17, 15) is 0 Å². The van der Waals surface area contributed by atoms with E-state index in [-0.39, 0.29) is 0 Å². The molecule has 0 aliphatic heterocycles. The number of benzene rings is 1. The Balaban J connectivity index is 1.70. The van der Waals surface area contributed by atoms with Gasteiger partial charge in [-0.2, -0.15) is 0 Å². The summed E-state index contributed by atoms with van der Waals surface area (Å²) in [6.45, 7) is 2.81. The fourth-order valence-electron chi connectivity index (χ4n) is 2.94. The first-order chi connectivity index (χ1) is 10.7. The number of aromatic amines is 1. The van der Waals surface area contributed by atoms with Crippen LogP contribution in [0.15, 0.2) is 42.9 Å². The van der Waals surface area contributed by atoms with Crippen molar-refractivity contribution < 1.29 is 0 Å². The van der Waals surface area contributed by atoms with Crippen LogP contribution in [0.3, 0.4) is 0 Å². The monoisotopic (exact) mass is 291 g/mol. The molecular weight excluding hydrogens is 274 g/mol. The van der Waals surface area contributed by atoms with Crippen LogP contribution in [0.25, 0.3) is 21.9 Å². The molecule has 4 rings (SSSR count). The van der Waals surface area contributed by atoms with Crippen molar-refractivity contribution in [3.8, 4) is 0 Å². The topological polar surface area (TPSA) is 58.5 Å². The van der Waals surface area contributed by atoms with Crippen molar-refractivity contribution in [2.45, 2.75) is 13.5 Å². The lowest BCUT2D eigenvalue weighted by atomic mass is 10.1. The van der Waals surface area contributed by atoms with E-state index in [0.29, 0.717) is 0 Å². The second-order valence-electron chi connectivity index (χ2n) is 5.57. The summed E-state index contributed by atoms with van der Waals surface area (Å²) < 4.78 is 2.04. The highest BCUT2D eigenvalue weighted by Crippen LogP contribution is 2.23. The predicted molar refractivity (Wildman–Crippen MR) is 88.9 cm³/mol. The number of hydrogen-bond acceptors (Lipinski definition) is 3.